The molecule has 0 aliphatic rings. The molecule has 2 aromatic carbocycles. The minimum Gasteiger partial charge on any atom is -0.399 e. The van der Waals surface area contributed by atoms with E-state index in [2.05, 4.69) is 31.3 Å². The van der Waals surface area contributed by atoms with Gasteiger partial charge in [0.25, 0.3) is 0 Å². The molecular weight excluding hydrogens is 272 g/mol. The largest absolute Gasteiger partial charge is 0.399 e. The summed E-state index contributed by atoms with van der Waals surface area (Å²) < 4.78 is 0. The number of nitrogens with two attached hydrogens (primary N) is 1. The first kappa shape index (κ1) is 16.1. The molecule has 0 radical (unpaired) electrons. The first-order valence-corrected chi connectivity index (χ1v) is 7.64. The lowest BCUT2D eigenvalue weighted by Gasteiger charge is -2.26. The second-order valence-electron chi connectivity index (χ2n) is 6.34. The highest BCUT2D eigenvalue weighted by Gasteiger charge is 2.20. The first-order chi connectivity index (χ1) is 10.4. The van der Waals surface area contributed by atoms with Gasteiger partial charge in [-0.2, -0.15) is 0 Å². The van der Waals surface area contributed by atoms with Crippen LogP contribution in [-0.4, -0.2) is 11.4 Å². The van der Waals surface area contributed by atoms with Gasteiger partial charge in [0.2, 0.25) is 5.91 Å². The fourth-order valence-corrected chi connectivity index (χ4v) is 2.41. The third-order valence-corrected chi connectivity index (χ3v) is 3.70. The molecule has 2 rings (SSSR count). The van der Waals surface area contributed by atoms with E-state index in [4.69, 9.17) is 5.73 Å². The van der Waals surface area contributed by atoms with Crippen LogP contribution in [0, 0.1) is 0 Å². The standard InChI is InChI=1S/C19H24N2O/c1-19(2,13-12-15-6-4-3-5-7-15)21-18(22)14-16-8-10-17(20)11-9-16/h3-11H,12-14,20H2,1-2H3,(H,21,22). The molecule has 0 aliphatic heterocycles. The van der Waals surface area contributed by atoms with Gasteiger partial charge in [0.15, 0.2) is 0 Å². The summed E-state index contributed by atoms with van der Waals surface area (Å²) in [6.45, 7) is 4.13. The fraction of sp³-hybridized carbons (Fsp3) is 0.316. The quantitative estimate of drug-likeness (QED) is 0.803. The zero-order valence-corrected chi connectivity index (χ0v) is 13.3. The third kappa shape index (κ3) is 5.24. The van der Waals surface area contributed by atoms with E-state index in [-0.39, 0.29) is 11.4 Å². The number of rotatable bonds is 6. The van der Waals surface area contributed by atoms with Crippen LogP contribution in [0.2, 0.25) is 0 Å². The van der Waals surface area contributed by atoms with Crippen molar-refractivity contribution in [1.29, 1.82) is 0 Å². The van der Waals surface area contributed by atoms with E-state index in [0.29, 0.717) is 12.1 Å². The minimum atomic E-state index is -0.221. The number of hydrogen-bond donors (Lipinski definition) is 2. The highest BCUT2D eigenvalue weighted by atomic mass is 16.1. The second-order valence-corrected chi connectivity index (χ2v) is 6.34. The second kappa shape index (κ2) is 7.12. The predicted molar refractivity (Wildman–Crippen MR) is 91.5 cm³/mol. The van der Waals surface area contributed by atoms with Crippen molar-refractivity contribution in [2.75, 3.05) is 5.73 Å². The van der Waals surface area contributed by atoms with Crippen LogP contribution in [0.1, 0.15) is 31.4 Å². The van der Waals surface area contributed by atoms with Crippen LogP contribution in [-0.2, 0) is 17.6 Å². The maximum atomic E-state index is 12.2. The number of carbonyl (C=O) groups excluding carboxylic acids is 1. The summed E-state index contributed by atoms with van der Waals surface area (Å²) in [5.41, 5.74) is 8.42. The summed E-state index contributed by atoms with van der Waals surface area (Å²) >= 11 is 0. The number of amides is 1. The fourth-order valence-electron chi connectivity index (χ4n) is 2.41. The molecule has 0 saturated carbocycles. The van der Waals surface area contributed by atoms with Crippen LogP contribution >= 0.6 is 0 Å². The number of anilines is 1. The molecule has 0 bridgehead atoms. The number of hydrogen-bond acceptors (Lipinski definition) is 2. The van der Waals surface area contributed by atoms with Crippen molar-refractivity contribution in [3.8, 4) is 0 Å². The van der Waals surface area contributed by atoms with Gasteiger partial charge in [-0.25, -0.2) is 0 Å². The van der Waals surface area contributed by atoms with E-state index >= 15 is 0 Å². The number of nitrogen functional groups attached to an aromatic ring is 1. The van der Waals surface area contributed by atoms with Crippen LogP contribution in [0.3, 0.4) is 0 Å². The average Bonchev–Trinajstić information content (AvgIpc) is 2.48. The number of aryl methyl sites for hydroxylation is 1. The van der Waals surface area contributed by atoms with Crippen LogP contribution in [0.4, 0.5) is 5.69 Å². The van der Waals surface area contributed by atoms with Gasteiger partial charge in [-0.15, -0.1) is 0 Å². The summed E-state index contributed by atoms with van der Waals surface area (Å²) in [5, 5.41) is 3.12. The van der Waals surface area contributed by atoms with E-state index in [1.54, 1.807) is 0 Å². The minimum absolute atomic E-state index is 0.0443. The maximum absolute atomic E-state index is 12.2. The average molecular weight is 296 g/mol. The van der Waals surface area contributed by atoms with Gasteiger partial charge in [0, 0.05) is 11.2 Å². The lowest BCUT2D eigenvalue weighted by molar-refractivity contribution is -0.122. The van der Waals surface area contributed by atoms with Crippen molar-refractivity contribution in [3.05, 3.63) is 65.7 Å². The van der Waals surface area contributed by atoms with Gasteiger partial charge >= 0.3 is 0 Å². The highest BCUT2D eigenvalue weighted by molar-refractivity contribution is 5.79. The van der Waals surface area contributed by atoms with E-state index < -0.39 is 0 Å². The smallest absolute Gasteiger partial charge is 0.224 e. The Morgan fingerprint density at radius 2 is 1.64 bits per heavy atom. The molecule has 116 valence electrons. The molecule has 1 amide bonds. The van der Waals surface area contributed by atoms with Crippen molar-refractivity contribution in [2.45, 2.75) is 38.6 Å². The molecule has 0 saturated heterocycles. The molecule has 0 unspecified atom stereocenters. The molecule has 0 aromatic heterocycles. The predicted octanol–water partition coefficient (Wildman–Crippen LogP) is 3.34. The Kier molecular flexibility index (Phi) is 5.21. The number of nitrogens with one attached hydrogen (secondary N) is 1. The lowest BCUT2D eigenvalue weighted by atomic mass is 9.95. The number of benzene rings is 2. The molecule has 3 heteroatoms. The summed E-state index contributed by atoms with van der Waals surface area (Å²) in [7, 11) is 0. The van der Waals surface area contributed by atoms with Gasteiger partial charge in [-0.05, 0) is 49.9 Å². The first-order valence-electron chi connectivity index (χ1n) is 7.64. The summed E-state index contributed by atoms with van der Waals surface area (Å²) in [4.78, 5) is 12.2. The molecule has 2 aromatic rings. The van der Waals surface area contributed by atoms with Crippen LogP contribution in [0.15, 0.2) is 54.6 Å². The Balaban J connectivity index is 1.85. The lowest BCUT2D eigenvalue weighted by Crippen LogP contribution is -2.44. The monoisotopic (exact) mass is 296 g/mol. The van der Waals surface area contributed by atoms with Crippen molar-refractivity contribution in [2.24, 2.45) is 0 Å². The van der Waals surface area contributed by atoms with Crippen molar-refractivity contribution in [1.82, 2.24) is 5.32 Å². The Labute approximate surface area is 132 Å². The van der Waals surface area contributed by atoms with E-state index in [1.807, 2.05) is 42.5 Å². The Hall–Kier alpha value is -2.29. The molecule has 0 spiro atoms. The molecule has 0 atom stereocenters. The van der Waals surface area contributed by atoms with E-state index in [1.165, 1.54) is 5.56 Å². The SMILES string of the molecule is CC(C)(CCc1ccccc1)NC(=O)Cc1ccc(N)cc1. The summed E-state index contributed by atoms with van der Waals surface area (Å²) in [6.07, 6.45) is 2.25. The van der Waals surface area contributed by atoms with Crippen LogP contribution < -0.4 is 11.1 Å². The molecule has 3 nitrogen and oxygen atoms in total. The molecule has 0 heterocycles. The topological polar surface area (TPSA) is 55.1 Å². The van der Waals surface area contributed by atoms with Gasteiger partial charge in [0.1, 0.15) is 0 Å². The van der Waals surface area contributed by atoms with Crippen molar-refractivity contribution < 1.29 is 4.79 Å². The normalized spacial score (nSPS) is 11.2. The van der Waals surface area contributed by atoms with Crippen molar-refractivity contribution >= 4 is 11.6 Å². The zero-order valence-electron chi connectivity index (χ0n) is 13.3. The Bertz CT molecular complexity index is 603. The molecule has 3 N–H and O–H groups in total. The Morgan fingerprint density at radius 1 is 1.00 bits per heavy atom. The summed E-state index contributed by atoms with van der Waals surface area (Å²) in [6, 6.07) is 17.8. The van der Waals surface area contributed by atoms with Crippen molar-refractivity contribution in [3.63, 3.8) is 0 Å². The van der Waals surface area contributed by atoms with Gasteiger partial charge in [-0.1, -0.05) is 42.5 Å². The summed E-state index contributed by atoms with van der Waals surface area (Å²) in [5.74, 6) is 0.0443. The van der Waals surface area contributed by atoms with E-state index in [0.717, 1.165) is 18.4 Å². The molecule has 0 fully saturated rings. The number of carbonyl (C=O) groups is 1. The maximum Gasteiger partial charge on any atom is 0.224 e. The molecule has 0 aliphatic carbocycles. The highest BCUT2D eigenvalue weighted by Crippen LogP contribution is 2.14. The van der Waals surface area contributed by atoms with Gasteiger partial charge in [-0.3, -0.25) is 4.79 Å². The van der Waals surface area contributed by atoms with Gasteiger partial charge in [0.05, 0.1) is 6.42 Å². The van der Waals surface area contributed by atoms with Crippen LogP contribution in [0.5, 0.6) is 0 Å². The molecular formula is C19H24N2O. The Morgan fingerprint density at radius 3 is 2.27 bits per heavy atom. The van der Waals surface area contributed by atoms with Crippen LogP contribution in [0.25, 0.3) is 0 Å². The molecule has 22 heavy (non-hydrogen) atoms. The van der Waals surface area contributed by atoms with E-state index in [9.17, 15) is 4.79 Å². The van der Waals surface area contributed by atoms with Gasteiger partial charge < -0.3 is 11.1 Å². The third-order valence-electron chi connectivity index (χ3n) is 3.70. The zero-order chi connectivity index (χ0) is 16.0.